The van der Waals surface area contributed by atoms with Crippen LogP contribution in [-0.4, -0.2) is 36.5 Å². The van der Waals surface area contributed by atoms with Crippen LogP contribution in [0.5, 0.6) is 0 Å². The lowest BCUT2D eigenvalue weighted by Crippen LogP contribution is -2.42. The van der Waals surface area contributed by atoms with Crippen molar-refractivity contribution in [2.45, 2.75) is 78.2 Å². The third kappa shape index (κ3) is 6.62. The van der Waals surface area contributed by atoms with E-state index in [9.17, 15) is 4.79 Å². The highest BCUT2D eigenvalue weighted by Crippen LogP contribution is 2.28. The number of likely N-dealkylation sites (tertiary alicyclic amines) is 1. The predicted molar refractivity (Wildman–Crippen MR) is 100 cm³/mol. The Hall–Kier alpha value is -0.280. The topological polar surface area (TPSA) is 32.3 Å². The van der Waals surface area contributed by atoms with E-state index >= 15 is 0 Å². The first kappa shape index (κ1) is 20.8. The molecule has 0 saturated carbocycles. The van der Waals surface area contributed by atoms with Crippen LogP contribution in [0.3, 0.4) is 0 Å². The number of piperidine rings is 1. The van der Waals surface area contributed by atoms with Crippen LogP contribution in [0.4, 0.5) is 0 Å². The van der Waals surface area contributed by atoms with Crippen molar-refractivity contribution < 1.29 is 4.79 Å². The molecule has 0 aromatic carbocycles. The third-order valence-electron chi connectivity index (χ3n) is 5.63. The Morgan fingerprint density at radius 2 is 1.78 bits per heavy atom. The van der Waals surface area contributed by atoms with Gasteiger partial charge in [0.1, 0.15) is 0 Å². The van der Waals surface area contributed by atoms with Gasteiger partial charge in [-0.3, -0.25) is 4.79 Å². The summed E-state index contributed by atoms with van der Waals surface area (Å²) in [6.07, 6.45) is 9.42. The van der Waals surface area contributed by atoms with E-state index in [1.54, 1.807) is 0 Å². The third-order valence-corrected chi connectivity index (χ3v) is 5.63. The summed E-state index contributed by atoms with van der Waals surface area (Å²) in [4.78, 5) is 15.2. The molecule has 1 N–H and O–H groups in total. The molecule has 1 amide bonds. The van der Waals surface area contributed by atoms with Crippen LogP contribution in [0.2, 0.25) is 0 Å². The van der Waals surface area contributed by atoms with Gasteiger partial charge in [0.15, 0.2) is 0 Å². The molecule has 2 rings (SSSR count). The molecule has 2 unspecified atom stereocenters. The minimum Gasteiger partial charge on any atom is -0.340 e. The minimum atomic E-state index is 0. The minimum absolute atomic E-state index is 0. The average Bonchev–Trinajstić information content (AvgIpc) is 2.73. The molecule has 0 bridgehead atoms. The second kappa shape index (κ2) is 10.6. The molecule has 0 aliphatic carbocycles. The van der Waals surface area contributed by atoms with E-state index in [4.69, 9.17) is 0 Å². The highest BCUT2D eigenvalue weighted by molar-refractivity contribution is 5.85. The van der Waals surface area contributed by atoms with Gasteiger partial charge in [-0.05, 0) is 62.9 Å². The fourth-order valence-corrected chi connectivity index (χ4v) is 4.27. The Labute approximate surface area is 149 Å². The number of nitrogens with one attached hydrogen (secondary N) is 1. The number of hydrogen-bond donors (Lipinski definition) is 1. The Balaban J connectivity index is 0.00000264. The number of nitrogens with zero attached hydrogens (tertiary/aromatic N) is 1. The number of hydrogen-bond acceptors (Lipinski definition) is 2. The molecule has 0 aromatic rings. The van der Waals surface area contributed by atoms with Gasteiger partial charge < -0.3 is 10.2 Å². The molecule has 0 spiro atoms. The molecule has 2 aliphatic rings. The smallest absolute Gasteiger partial charge is 0.223 e. The Morgan fingerprint density at radius 3 is 2.43 bits per heavy atom. The largest absolute Gasteiger partial charge is 0.340 e. The van der Waals surface area contributed by atoms with Crippen molar-refractivity contribution in [1.82, 2.24) is 10.2 Å². The van der Waals surface area contributed by atoms with E-state index in [0.29, 0.717) is 23.8 Å². The van der Waals surface area contributed by atoms with Crippen LogP contribution in [0, 0.1) is 17.8 Å². The molecule has 2 fully saturated rings. The molecular formula is C19H37ClN2O. The summed E-state index contributed by atoms with van der Waals surface area (Å²) in [5.74, 6) is 2.39. The first-order valence-electron chi connectivity index (χ1n) is 9.58. The SMILES string of the molecule is CC(C)CC1CCCCCN1C(=O)CC(C)C1CCNCC1.Cl. The van der Waals surface area contributed by atoms with E-state index in [2.05, 4.69) is 31.0 Å². The zero-order valence-electron chi connectivity index (χ0n) is 15.4. The normalized spacial score (nSPS) is 24.9. The summed E-state index contributed by atoms with van der Waals surface area (Å²) in [6.45, 7) is 10.1. The summed E-state index contributed by atoms with van der Waals surface area (Å²) in [5.41, 5.74) is 0. The van der Waals surface area contributed by atoms with Gasteiger partial charge in [-0.25, -0.2) is 0 Å². The lowest BCUT2D eigenvalue weighted by atomic mass is 9.83. The Bertz CT molecular complexity index is 342. The molecule has 2 aliphatic heterocycles. The zero-order chi connectivity index (χ0) is 15.9. The highest BCUT2D eigenvalue weighted by atomic mass is 35.5. The van der Waals surface area contributed by atoms with Crippen LogP contribution < -0.4 is 5.32 Å². The molecular weight excluding hydrogens is 308 g/mol. The number of amides is 1. The van der Waals surface area contributed by atoms with E-state index in [0.717, 1.165) is 32.0 Å². The maximum absolute atomic E-state index is 12.9. The quantitative estimate of drug-likeness (QED) is 0.808. The van der Waals surface area contributed by atoms with Crippen molar-refractivity contribution in [3.05, 3.63) is 0 Å². The molecule has 23 heavy (non-hydrogen) atoms. The molecule has 2 saturated heterocycles. The summed E-state index contributed by atoms with van der Waals surface area (Å²) < 4.78 is 0. The van der Waals surface area contributed by atoms with E-state index in [1.165, 1.54) is 44.9 Å². The Kier molecular flexibility index (Phi) is 9.53. The van der Waals surface area contributed by atoms with Gasteiger partial charge in [-0.1, -0.05) is 33.6 Å². The van der Waals surface area contributed by atoms with E-state index in [-0.39, 0.29) is 12.4 Å². The molecule has 4 heteroatoms. The molecule has 3 nitrogen and oxygen atoms in total. The van der Waals surface area contributed by atoms with E-state index in [1.807, 2.05) is 0 Å². The van der Waals surface area contributed by atoms with Crippen LogP contribution in [0.1, 0.15) is 72.1 Å². The molecule has 2 heterocycles. The summed E-state index contributed by atoms with van der Waals surface area (Å²) >= 11 is 0. The van der Waals surface area contributed by atoms with Gasteiger partial charge in [0, 0.05) is 19.0 Å². The predicted octanol–water partition coefficient (Wildman–Crippen LogP) is 4.25. The summed E-state index contributed by atoms with van der Waals surface area (Å²) in [5, 5.41) is 3.43. The maximum Gasteiger partial charge on any atom is 0.223 e. The van der Waals surface area contributed by atoms with Crippen LogP contribution >= 0.6 is 12.4 Å². The monoisotopic (exact) mass is 344 g/mol. The van der Waals surface area contributed by atoms with Crippen molar-refractivity contribution in [1.29, 1.82) is 0 Å². The van der Waals surface area contributed by atoms with Crippen LogP contribution in [0.15, 0.2) is 0 Å². The lowest BCUT2D eigenvalue weighted by molar-refractivity contribution is -0.135. The average molecular weight is 345 g/mol. The molecule has 136 valence electrons. The van der Waals surface area contributed by atoms with Crippen LogP contribution in [-0.2, 0) is 4.79 Å². The van der Waals surface area contributed by atoms with Gasteiger partial charge in [0.25, 0.3) is 0 Å². The summed E-state index contributed by atoms with van der Waals surface area (Å²) in [7, 11) is 0. The van der Waals surface area contributed by atoms with Gasteiger partial charge in [-0.2, -0.15) is 0 Å². The van der Waals surface area contributed by atoms with Crippen molar-refractivity contribution in [3.63, 3.8) is 0 Å². The van der Waals surface area contributed by atoms with Crippen molar-refractivity contribution in [2.24, 2.45) is 17.8 Å². The maximum atomic E-state index is 12.9. The first-order chi connectivity index (χ1) is 10.6. The Morgan fingerprint density at radius 1 is 1.09 bits per heavy atom. The van der Waals surface area contributed by atoms with Crippen molar-refractivity contribution >= 4 is 18.3 Å². The highest BCUT2D eigenvalue weighted by Gasteiger charge is 2.29. The standard InChI is InChI=1S/C19H36N2O.ClH/c1-15(2)13-18-7-5-4-6-12-21(18)19(22)14-16(3)17-8-10-20-11-9-17;/h15-18,20H,4-14H2,1-3H3;1H. The molecule has 0 aromatic heterocycles. The van der Waals surface area contributed by atoms with Gasteiger partial charge in [0.2, 0.25) is 5.91 Å². The fourth-order valence-electron chi connectivity index (χ4n) is 4.27. The number of rotatable bonds is 5. The van der Waals surface area contributed by atoms with Gasteiger partial charge >= 0.3 is 0 Å². The van der Waals surface area contributed by atoms with Crippen molar-refractivity contribution in [3.8, 4) is 0 Å². The second-order valence-corrected chi connectivity index (χ2v) is 7.99. The lowest BCUT2D eigenvalue weighted by Gasteiger charge is -2.34. The number of carbonyl (C=O) groups is 1. The molecule has 2 atom stereocenters. The summed E-state index contributed by atoms with van der Waals surface area (Å²) in [6, 6.07) is 0.496. The number of halogens is 1. The van der Waals surface area contributed by atoms with Crippen molar-refractivity contribution in [2.75, 3.05) is 19.6 Å². The van der Waals surface area contributed by atoms with Gasteiger partial charge in [-0.15, -0.1) is 12.4 Å². The molecule has 0 radical (unpaired) electrons. The first-order valence-corrected chi connectivity index (χ1v) is 9.58. The second-order valence-electron chi connectivity index (χ2n) is 7.99. The van der Waals surface area contributed by atoms with Gasteiger partial charge in [0.05, 0.1) is 0 Å². The fraction of sp³-hybridized carbons (Fsp3) is 0.947. The number of carbonyl (C=O) groups excluding carboxylic acids is 1. The zero-order valence-corrected chi connectivity index (χ0v) is 16.2. The van der Waals surface area contributed by atoms with Crippen LogP contribution in [0.25, 0.3) is 0 Å². The van der Waals surface area contributed by atoms with E-state index < -0.39 is 0 Å².